The quantitative estimate of drug-likeness (QED) is 0.494. The maximum Gasteiger partial charge on any atom is 0.341 e. The second-order valence-electron chi connectivity index (χ2n) is 4.29. The van der Waals surface area contributed by atoms with Crippen molar-refractivity contribution >= 4 is 18.0 Å². The fraction of sp³-hybridized carbons (Fsp3) is 0.0588. The molecule has 2 aromatic rings. The second-order valence-corrected chi connectivity index (χ2v) is 4.29. The Kier molecular flexibility index (Phi) is 5.03. The Hall–Kier alpha value is -2.95. The molecule has 0 atom stereocenters. The molecule has 2 rings (SSSR count). The number of esters is 2. The number of ether oxygens (including phenoxy) is 2. The lowest BCUT2D eigenvalue weighted by molar-refractivity contribution is -0.128. The van der Waals surface area contributed by atoms with E-state index in [4.69, 9.17) is 4.74 Å². The van der Waals surface area contributed by atoms with E-state index in [1.165, 1.54) is 55.7 Å². The highest BCUT2D eigenvalue weighted by atomic mass is 19.1. The van der Waals surface area contributed by atoms with Gasteiger partial charge in [-0.15, -0.1) is 0 Å². The average Bonchev–Trinajstić information content (AvgIpc) is 2.54. The van der Waals surface area contributed by atoms with Crippen LogP contribution in [0, 0.1) is 5.82 Å². The van der Waals surface area contributed by atoms with Crippen LogP contribution in [0.3, 0.4) is 0 Å². The van der Waals surface area contributed by atoms with Crippen LogP contribution in [0.2, 0.25) is 0 Å². The van der Waals surface area contributed by atoms with E-state index in [0.717, 1.165) is 0 Å². The fourth-order valence-electron chi connectivity index (χ4n) is 1.71. The zero-order chi connectivity index (χ0) is 15.9. The van der Waals surface area contributed by atoms with Gasteiger partial charge in [0.25, 0.3) is 0 Å². The SMILES string of the molecule is COC(=O)c1ccccc1OC(=O)/C=C/c1ccc(F)cc1. The number of hydrogen-bond donors (Lipinski definition) is 0. The molecule has 0 fully saturated rings. The summed E-state index contributed by atoms with van der Waals surface area (Å²) in [5.74, 6) is -1.48. The minimum Gasteiger partial charge on any atom is -0.465 e. The van der Waals surface area contributed by atoms with Crippen molar-refractivity contribution in [3.63, 3.8) is 0 Å². The molecule has 0 spiro atoms. The molecule has 0 N–H and O–H groups in total. The number of hydrogen-bond acceptors (Lipinski definition) is 4. The Morgan fingerprint density at radius 2 is 1.73 bits per heavy atom. The molecule has 0 aliphatic carbocycles. The minimum atomic E-state index is -0.652. The first-order chi connectivity index (χ1) is 10.6. The summed E-state index contributed by atoms with van der Waals surface area (Å²) in [4.78, 5) is 23.3. The first-order valence-corrected chi connectivity index (χ1v) is 6.43. The zero-order valence-corrected chi connectivity index (χ0v) is 11.8. The molecule has 0 aromatic heterocycles. The van der Waals surface area contributed by atoms with Crippen molar-refractivity contribution in [1.82, 2.24) is 0 Å². The molecule has 0 bridgehead atoms. The van der Waals surface area contributed by atoms with Gasteiger partial charge < -0.3 is 9.47 Å². The van der Waals surface area contributed by atoms with Gasteiger partial charge >= 0.3 is 11.9 Å². The summed E-state index contributed by atoms with van der Waals surface area (Å²) in [6.07, 6.45) is 2.68. The first kappa shape index (κ1) is 15.4. The lowest BCUT2D eigenvalue weighted by atomic mass is 10.2. The van der Waals surface area contributed by atoms with Gasteiger partial charge in [-0.1, -0.05) is 24.3 Å². The Morgan fingerprint density at radius 3 is 2.41 bits per heavy atom. The normalized spacial score (nSPS) is 10.5. The molecule has 5 heteroatoms. The molecule has 22 heavy (non-hydrogen) atoms. The maximum absolute atomic E-state index is 12.8. The lowest BCUT2D eigenvalue weighted by Gasteiger charge is -2.06. The third-order valence-electron chi connectivity index (χ3n) is 2.78. The van der Waals surface area contributed by atoms with Crippen molar-refractivity contribution in [1.29, 1.82) is 0 Å². The monoisotopic (exact) mass is 300 g/mol. The van der Waals surface area contributed by atoms with Gasteiger partial charge in [0.15, 0.2) is 0 Å². The zero-order valence-electron chi connectivity index (χ0n) is 11.8. The van der Waals surface area contributed by atoms with Gasteiger partial charge in [0, 0.05) is 6.08 Å². The van der Waals surface area contributed by atoms with Crippen molar-refractivity contribution in [2.45, 2.75) is 0 Å². The van der Waals surface area contributed by atoms with Gasteiger partial charge in [-0.2, -0.15) is 0 Å². The predicted octanol–water partition coefficient (Wildman–Crippen LogP) is 3.23. The van der Waals surface area contributed by atoms with Crippen molar-refractivity contribution < 1.29 is 23.5 Å². The van der Waals surface area contributed by atoms with E-state index < -0.39 is 11.9 Å². The van der Waals surface area contributed by atoms with E-state index in [1.54, 1.807) is 12.1 Å². The molecule has 0 radical (unpaired) electrons. The van der Waals surface area contributed by atoms with Crippen LogP contribution in [0.25, 0.3) is 6.08 Å². The number of halogens is 1. The highest BCUT2D eigenvalue weighted by molar-refractivity contribution is 5.95. The van der Waals surface area contributed by atoms with Gasteiger partial charge in [0.05, 0.1) is 7.11 Å². The van der Waals surface area contributed by atoms with Crippen molar-refractivity contribution in [2.24, 2.45) is 0 Å². The Morgan fingerprint density at radius 1 is 1.05 bits per heavy atom. The fourth-order valence-corrected chi connectivity index (χ4v) is 1.71. The van der Waals surface area contributed by atoms with E-state index in [0.29, 0.717) is 5.56 Å². The summed E-state index contributed by atoms with van der Waals surface area (Å²) < 4.78 is 22.5. The van der Waals surface area contributed by atoms with E-state index in [-0.39, 0.29) is 17.1 Å². The van der Waals surface area contributed by atoms with Crippen LogP contribution < -0.4 is 4.74 Å². The van der Waals surface area contributed by atoms with Crippen LogP contribution >= 0.6 is 0 Å². The molecular weight excluding hydrogens is 287 g/mol. The average molecular weight is 300 g/mol. The van der Waals surface area contributed by atoms with Gasteiger partial charge in [0.2, 0.25) is 0 Å². The Bertz CT molecular complexity index is 705. The summed E-state index contributed by atoms with van der Waals surface area (Å²) in [6, 6.07) is 11.9. The molecule has 0 heterocycles. The predicted molar refractivity (Wildman–Crippen MR) is 78.9 cm³/mol. The van der Waals surface area contributed by atoms with Crippen LogP contribution in [0.1, 0.15) is 15.9 Å². The summed E-state index contributed by atoms with van der Waals surface area (Å²) in [6.45, 7) is 0. The van der Waals surface area contributed by atoms with Gasteiger partial charge in [-0.25, -0.2) is 14.0 Å². The first-order valence-electron chi connectivity index (χ1n) is 6.43. The molecule has 0 aliphatic rings. The molecular formula is C17H13FO4. The number of benzene rings is 2. The van der Waals surface area contributed by atoms with E-state index in [2.05, 4.69) is 4.74 Å². The van der Waals surface area contributed by atoms with Gasteiger partial charge in [-0.05, 0) is 35.9 Å². The van der Waals surface area contributed by atoms with E-state index >= 15 is 0 Å². The van der Waals surface area contributed by atoms with Crippen LogP contribution in [0.15, 0.2) is 54.6 Å². The van der Waals surface area contributed by atoms with Crippen molar-refractivity contribution in [3.05, 3.63) is 71.6 Å². The Balaban J connectivity index is 2.09. The van der Waals surface area contributed by atoms with Crippen LogP contribution in [0.4, 0.5) is 4.39 Å². The molecule has 0 aliphatic heterocycles. The van der Waals surface area contributed by atoms with E-state index in [1.807, 2.05) is 0 Å². The molecule has 4 nitrogen and oxygen atoms in total. The summed E-state index contributed by atoms with van der Waals surface area (Å²) >= 11 is 0. The highest BCUT2D eigenvalue weighted by Crippen LogP contribution is 2.19. The van der Waals surface area contributed by atoms with Crippen LogP contribution in [0.5, 0.6) is 5.75 Å². The highest BCUT2D eigenvalue weighted by Gasteiger charge is 2.13. The molecule has 0 saturated heterocycles. The number of rotatable bonds is 4. The van der Waals surface area contributed by atoms with Crippen molar-refractivity contribution in [3.8, 4) is 5.75 Å². The van der Waals surface area contributed by atoms with Crippen molar-refractivity contribution in [2.75, 3.05) is 7.11 Å². The molecule has 0 unspecified atom stereocenters. The molecule has 2 aromatic carbocycles. The third-order valence-corrected chi connectivity index (χ3v) is 2.78. The Labute approximate surface area is 126 Å². The van der Waals surface area contributed by atoms with Crippen LogP contribution in [-0.4, -0.2) is 19.0 Å². The molecule has 112 valence electrons. The minimum absolute atomic E-state index is 0.114. The second kappa shape index (κ2) is 7.17. The number of carbonyl (C=O) groups is 2. The number of para-hydroxylation sites is 1. The summed E-state index contributed by atoms with van der Waals surface area (Å²) in [7, 11) is 1.25. The molecule has 0 amide bonds. The van der Waals surface area contributed by atoms with Gasteiger partial charge in [0.1, 0.15) is 17.1 Å². The summed E-state index contributed by atoms with van der Waals surface area (Å²) in [5.41, 5.74) is 0.813. The van der Waals surface area contributed by atoms with E-state index in [9.17, 15) is 14.0 Å². The third kappa shape index (κ3) is 4.02. The van der Waals surface area contributed by atoms with Gasteiger partial charge in [-0.3, -0.25) is 0 Å². The topological polar surface area (TPSA) is 52.6 Å². The largest absolute Gasteiger partial charge is 0.465 e. The lowest BCUT2D eigenvalue weighted by Crippen LogP contribution is -2.09. The smallest absolute Gasteiger partial charge is 0.341 e. The number of carbonyl (C=O) groups excluding carboxylic acids is 2. The standard InChI is InChI=1S/C17H13FO4/c1-21-17(20)14-4-2-3-5-15(14)22-16(19)11-8-12-6-9-13(18)10-7-12/h2-11H,1H3/b11-8+. The molecule has 0 saturated carbocycles. The summed E-state index contributed by atoms with van der Waals surface area (Å²) in [5, 5.41) is 0. The maximum atomic E-state index is 12.8. The number of methoxy groups -OCH3 is 1. The van der Waals surface area contributed by atoms with Crippen LogP contribution in [-0.2, 0) is 9.53 Å².